The Hall–Kier alpha value is -2.52. The second-order valence-corrected chi connectivity index (χ2v) is 10.7. The molecule has 0 radical (unpaired) electrons. The van der Waals surface area contributed by atoms with E-state index in [-0.39, 0.29) is 29.1 Å². The van der Waals surface area contributed by atoms with E-state index in [1.54, 1.807) is 12.1 Å². The third kappa shape index (κ3) is 4.61. The standard InChI is InChI=1S/C25H29N3O4S/c26-33(30,31)20-11-5-17(6-12-20)15-32-19-9-7-18(8-10-19)25(29)13-23-21-3-1-2-4-22(21)24-14-27-16-28(23)24/h1-6,11-12,14,16,18-19,23,25,29H,7-10,13,15H2,(H2,26,30,31). The number of hydrogen-bond acceptors (Lipinski definition) is 5. The molecule has 2 heterocycles. The van der Waals surface area contributed by atoms with Crippen LogP contribution in [-0.4, -0.2) is 35.3 Å². The maximum atomic E-state index is 11.4. The van der Waals surface area contributed by atoms with Crippen molar-refractivity contribution in [3.05, 3.63) is 72.2 Å². The predicted octanol–water partition coefficient (Wildman–Crippen LogP) is 3.63. The van der Waals surface area contributed by atoms with Crippen molar-refractivity contribution < 1.29 is 18.3 Å². The molecule has 2 aromatic carbocycles. The molecule has 1 saturated carbocycles. The van der Waals surface area contributed by atoms with Crippen LogP contribution in [0.3, 0.4) is 0 Å². The summed E-state index contributed by atoms with van der Waals surface area (Å²) in [5.74, 6) is 0.263. The monoisotopic (exact) mass is 467 g/mol. The van der Waals surface area contributed by atoms with Gasteiger partial charge in [0, 0.05) is 5.56 Å². The van der Waals surface area contributed by atoms with E-state index >= 15 is 0 Å². The van der Waals surface area contributed by atoms with Crippen LogP contribution in [0.5, 0.6) is 0 Å². The van der Waals surface area contributed by atoms with Gasteiger partial charge in [0.2, 0.25) is 10.0 Å². The van der Waals surface area contributed by atoms with Crippen LogP contribution in [0.15, 0.2) is 66.0 Å². The van der Waals surface area contributed by atoms with Crippen molar-refractivity contribution >= 4 is 10.0 Å². The molecule has 7 nitrogen and oxygen atoms in total. The number of aliphatic hydroxyl groups is 1. The van der Waals surface area contributed by atoms with E-state index in [4.69, 9.17) is 9.88 Å². The molecular formula is C25H29N3O4S. The maximum absolute atomic E-state index is 11.4. The molecule has 0 saturated heterocycles. The smallest absolute Gasteiger partial charge is 0.238 e. The van der Waals surface area contributed by atoms with Gasteiger partial charge < -0.3 is 14.4 Å². The highest BCUT2D eigenvalue weighted by Gasteiger charge is 2.33. The number of benzene rings is 2. The van der Waals surface area contributed by atoms with Crippen molar-refractivity contribution in [1.82, 2.24) is 9.55 Å². The van der Waals surface area contributed by atoms with Gasteiger partial charge in [0.25, 0.3) is 0 Å². The first-order valence-corrected chi connectivity index (χ1v) is 13.0. The third-order valence-electron chi connectivity index (χ3n) is 7.06. The number of imidazole rings is 1. The number of aromatic nitrogens is 2. The third-order valence-corrected chi connectivity index (χ3v) is 7.99. The molecule has 33 heavy (non-hydrogen) atoms. The summed E-state index contributed by atoms with van der Waals surface area (Å²) in [6.45, 7) is 0.436. The van der Waals surface area contributed by atoms with Gasteiger partial charge in [-0.3, -0.25) is 0 Å². The number of aliphatic hydroxyl groups excluding tert-OH is 1. The van der Waals surface area contributed by atoms with Crippen molar-refractivity contribution in [2.45, 2.75) is 61.9 Å². The molecule has 3 aromatic rings. The topological polar surface area (TPSA) is 107 Å². The fraction of sp³-hybridized carbons (Fsp3) is 0.400. The van der Waals surface area contributed by atoms with Gasteiger partial charge in [-0.05, 0) is 61.3 Å². The van der Waals surface area contributed by atoms with Gasteiger partial charge in [-0.1, -0.05) is 36.4 Å². The molecule has 1 aliphatic carbocycles. The first-order chi connectivity index (χ1) is 15.9. The highest BCUT2D eigenvalue weighted by molar-refractivity contribution is 7.89. The summed E-state index contributed by atoms with van der Waals surface area (Å²) in [7, 11) is -3.68. The molecule has 2 aliphatic rings. The van der Waals surface area contributed by atoms with Crippen molar-refractivity contribution in [2.75, 3.05) is 0 Å². The lowest BCUT2D eigenvalue weighted by Crippen LogP contribution is -2.30. The highest BCUT2D eigenvalue weighted by Crippen LogP contribution is 2.42. The fourth-order valence-corrected chi connectivity index (χ4v) is 5.74. The van der Waals surface area contributed by atoms with E-state index in [0.717, 1.165) is 36.9 Å². The van der Waals surface area contributed by atoms with Gasteiger partial charge in [-0.25, -0.2) is 18.5 Å². The van der Waals surface area contributed by atoms with Gasteiger partial charge in [-0.2, -0.15) is 0 Å². The lowest BCUT2D eigenvalue weighted by atomic mass is 9.81. The van der Waals surface area contributed by atoms with Crippen molar-refractivity contribution in [3.8, 4) is 11.3 Å². The molecule has 1 aromatic heterocycles. The first-order valence-electron chi connectivity index (χ1n) is 11.4. The van der Waals surface area contributed by atoms with Crippen LogP contribution in [0.1, 0.15) is 49.3 Å². The zero-order chi connectivity index (χ0) is 23.0. The molecule has 5 rings (SSSR count). The number of rotatable bonds is 7. The van der Waals surface area contributed by atoms with Crippen LogP contribution in [0.2, 0.25) is 0 Å². The Labute approximate surface area is 194 Å². The zero-order valence-electron chi connectivity index (χ0n) is 18.4. The van der Waals surface area contributed by atoms with Crippen molar-refractivity contribution in [3.63, 3.8) is 0 Å². The molecule has 1 fully saturated rings. The Morgan fingerprint density at radius 1 is 1.09 bits per heavy atom. The normalized spacial score (nSPS) is 23.2. The van der Waals surface area contributed by atoms with Crippen LogP contribution in [0.25, 0.3) is 11.3 Å². The molecule has 2 atom stereocenters. The number of sulfonamides is 1. The average molecular weight is 468 g/mol. The number of hydrogen-bond donors (Lipinski definition) is 2. The summed E-state index contributed by atoms with van der Waals surface area (Å²) < 4.78 is 31.0. The minimum absolute atomic E-state index is 0.105. The average Bonchev–Trinajstić information content (AvgIpc) is 3.40. The van der Waals surface area contributed by atoms with E-state index < -0.39 is 10.0 Å². The summed E-state index contributed by atoms with van der Waals surface area (Å²) in [6.07, 6.45) is 7.92. The molecule has 0 amide bonds. The quantitative estimate of drug-likeness (QED) is 0.552. The molecular weight excluding hydrogens is 438 g/mol. The van der Waals surface area contributed by atoms with Gasteiger partial charge >= 0.3 is 0 Å². The number of ether oxygens (including phenoxy) is 1. The van der Waals surface area contributed by atoms with E-state index in [1.807, 2.05) is 18.6 Å². The van der Waals surface area contributed by atoms with Gasteiger partial charge in [0.15, 0.2) is 0 Å². The van der Waals surface area contributed by atoms with Crippen LogP contribution >= 0.6 is 0 Å². The molecule has 0 spiro atoms. The number of fused-ring (bicyclic) bond motifs is 3. The second kappa shape index (κ2) is 9.02. The van der Waals surface area contributed by atoms with E-state index in [0.29, 0.717) is 13.0 Å². The van der Waals surface area contributed by atoms with Crippen molar-refractivity contribution in [2.24, 2.45) is 11.1 Å². The first kappa shape index (κ1) is 22.3. The fourth-order valence-electron chi connectivity index (χ4n) is 5.22. The summed E-state index contributed by atoms with van der Waals surface area (Å²) in [5.41, 5.74) is 4.51. The molecule has 3 N–H and O–H groups in total. The number of nitrogens with zero attached hydrogens (tertiary/aromatic N) is 2. The van der Waals surface area contributed by atoms with Crippen molar-refractivity contribution in [1.29, 1.82) is 0 Å². The van der Waals surface area contributed by atoms with Gasteiger partial charge in [0.05, 0.1) is 48.0 Å². The number of primary sulfonamides is 1. The van der Waals surface area contributed by atoms with Crippen LogP contribution in [-0.2, 0) is 21.4 Å². The molecule has 8 heteroatoms. The second-order valence-electron chi connectivity index (χ2n) is 9.13. The minimum atomic E-state index is -3.68. The molecule has 2 unspecified atom stereocenters. The maximum Gasteiger partial charge on any atom is 0.238 e. The Kier molecular flexibility index (Phi) is 6.09. The van der Waals surface area contributed by atoms with E-state index in [2.05, 4.69) is 27.8 Å². The predicted molar refractivity (Wildman–Crippen MR) is 125 cm³/mol. The van der Waals surface area contributed by atoms with Crippen LogP contribution in [0.4, 0.5) is 0 Å². The van der Waals surface area contributed by atoms with Crippen LogP contribution in [0, 0.1) is 5.92 Å². The van der Waals surface area contributed by atoms with E-state index in [9.17, 15) is 13.5 Å². The SMILES string of the molecule is NS(=O)(=O)c1ccc(COC2CCC(C(O)CC3c4ccccc4-c4cncn43)CC2)cc1. The largest absolute Gasteiger partial charge is 0.393 e. The Morgan fingerprint density at radius 2 is 1.82 bits per heavy atom. The molecule has 174 valence electrons. The summed E-state index contributed by atoms with van der Waals surface area (Å²) in [6, 6.07) is 15.0. The Bertz CT molecular complexity index is 1210. The lowest BCUT2D eigenvalue weighted by molar-refractivity contribution is -0.0160. The molecule has 0 bridgehead atoms. The van der Waals surface area contributed by atoms with Gasteiger partial charge in [0.1, 0.15) is 0 Å². The summed E-state index contributed by atoms with van der Waals surface area (Å²) in [4.78, 5) is 4.42. The minimum Gasteiger partial charge on any atom is -0.393 e. The Balaban J connectivity index is 1.13. The zero-order valence-corrected chi connectivity index (χ0v) is 19.2. The lowest BCUT2D eigenvalue weighted by Gasteiger charge is -2.32. The summed E-state index contributed by atoms with van der Waals surface area (Å²) >= 11 is 0. The van der Waals surface area contributed by atoms with E-state index in [1.165, 1.54) is 23.3 Å². The van der Waals surface area contributed by atoms with Gasteiger partial charge in [-0.15, -0.1) is 0 Å². The summed E-state index contributed by atoms with van der Waals surface area (Å²) in [5, 5.41) is 16.2. The Morgan fingerprint density at radius 3 is 2.55 bits per heavy atom. The number of nitrogens with two attached hydrogens (primary N) is 1. The van der Waals surface area contributed by atoms with Crippen LogP contribution < -0.4 is 5.14 Å². The molecule has 1 aliphatic heterocycles. The highest BCUT2D eigenvalue weighted by atomic mass is 32.2.